The van der Waals surface area contributed by atoms with E-state index < -0.39 is 18.8 Å². The zero-order chi connectivity index (χ0) is 11.3. The fourth-order valence-electron chi connectivity index (χ4n) is 1.46. The number of aryl methyl sites for hydroxylation is 1. The Morgan fingerprint density at radius 2 is 2.13 bits per heavy atom. The minimum Gasteiger partial charge on any atom is -0.394 e. The largest absolute Gasteiger partial charge is 0.394 e. The number of aliphatic hydroxyl groups is 3. The predicted octanol–water partition coefficient (Wildman–Crippen LogP) is 1.48. The van der Waals surface area contributed by atoms with Gasteiger partial charge in [0.2, 0.25) is 0 Å². The van der Waals surface area contributed by atoms with Crippen LogP contribution in [-0.4, -0.2) is 28.0 Å². The number of hydrogen-bond donors (Lipinski definition) is 3. The Labute approximate surface area is 94.0 Å². The quantitative estimate of drug-likeness (QED) is 0.693. The lowest BCUT2D eigenvalue weighted by Crippen LogP contribution is -2.22. The average Bonchev–Trinajstić information content (AvgIpc) is 2.72. The van der Waals surface area contributed by atoms with Crippen LogP contribution in [-0.2, 0) is 6.42 Å². The number of thiophene rings is 1. The molecule has 0 aliphatic rings. The molecule has 0 spiro atoms. The molecule has 86 valence electrons. The molecule has 0 aromatic carbocycles. The first-order valence-corrected chi connectivity index (χ1v) is 6.12. The molecule has 0 saturated carbocycles. The molecular formula is C11H18O3S. The van der Waals surface area contributed by atoms with Crippen molar-refractivity contribution < 1.29 is 15.3 Å². The highest BCUT2D eigenvalue weighted by atomic mass is 32.1. The molecule has 1 aromatic rings. The van der Waals surface area contributed by atoms with Gasteiger partial charge in [0.05, 0.1) is 6.61 Å². The Morgan fingerprint density at radius 3 is 2.73 bits per heavy atom. The molecule has 0 aliphatic heterocycles. The Balaban J connectivity index is 2.70. The van der Waals surface area contributed by atoms with E-state index in [1.54, 1.807) is 0 Å². The van der Waals surface area contributed by atoms with Gasteiger partial charge < -0.3 is 15.3 Å². The van der Waals surface area contributed by atoms with Crippen molar-refractivity contribution in [1.82, 2.24) is 0 Å². The molecular weight excluding hydrogens is 212 g/mol. The molecule has 1 rings (SSSR count). The molecule has 2 atom stereocenters. The summed E-state index contributed by atoms with van der Waals surface area (Å²) >= 11 is 1.43. The highest BCUT2D eigenvalue weighted by Gasteiger charge is 2.21. The molecule has 15 heavy (non-hydrogen) atoms. The van der Waals surface area contributed by atoms with Crippen LogP contribution in [0.25, 0.3) is 0 Å². The molecule has 0 fully saturated rings. The molecule has 3 N–H and O–H groups in total. The van der Waals surface area contributed by atoms with Crippen molar-refractivity contribution in [2.24, 2.45) is 0 Å². The topological polar surface area (TPSA) is 60.7 Å². The minimum atomic E-state index is -1.08. The van der Waals surface area contributed by atoms with E-state index in [9.17, 15) is 10.2 Å². The van der Waals surface area contributed by atoms with Gasteiger partial charge in [0.1, 0.15) is 12.2 Å². The summed E-state index contributed by atoms with van der Waals surface area (Å²) in [5.41, 5.74) is 1.09. The standard InChI is InChI=1S/C11H18O3S/c1-2-3-4-8-5-6-15-11(8)10(14)9(13)7-12/h5-6,9-10,12-14H,2-4,7H2,1H3. The zero-order valence-corrected chi connectivity index (χ0v) is 9.70. The van der Waals surface area contributed by atoms with Crippen molar-refractivity contribution in [3.63, 3.8) is 0 Å². The second-order valence-corrected chi connectivity index (χ2v) is 4.56. The number of rotatable bonds is 6. The summed E-state index contributed by atoms with van der Waals surface area (Å²) < 4.78 is 0. The lowest BCUT2D eigenvalue weighted by Gasteiger charge is -2.15. The monoisotopic (exact) mass is 230 g/mol. The van der Waals surface area contributed by atoms with Crippen LogP contribution in [0.4, 0.5) is 0 Å². The van der Waals surface area contributed by atoms with E-state index in [4.69, 9.17) is 5.11 Å². The Kier molecular flexibility index (Phi) is 5.25. The van der Waals surface area contributed by atoms with Gasteiger partial charge in [0.25, 0.3) is 0 Å². The minimum absolute atomic E-state index is 0.410. The fourth-order valence-corrected chi connectivity index (χ4v) is 2.45. The van der Waals surface area contributed by atoms with Gasteiger partial charge >= 0.3 is 0 Å². The molecule has 0 saturated heterocycles. The van der Waals surface area contributed by atoms with Gasteiger partial charge in [0.15, 0.2) is 0 Å². The molecule has 0 amide bonds. The summed E-state index contributed by atoms with van der Waals surface area (Å²) in [5, 5.41) is 29.8. The lowest BCUT2D eigenvalue weighted by molar-refractivity contribution is -0.0138. The van der Waals surface area contributed by atoms with Crippen LogP contribution >= 0.6 is 11.3 Å². The molecule has 1 aromatic heterocycles. The summed E-state index contributed by atoms with van der Waals surface area (Å²) in [5.74, 6) is 0. The van der Waals surface area contributed by atoms with Crippen LogP contribution in [0.15, 0.2) is 11.4 Å². The molecule has 1 heterocycles. The van der Waals surface area contributed by atoms with Crippen molar-refractivity contribution in [3.8, 4) is 0 Å². The second kappa shape index (κ2) is 6.23. The van der Waals surface area contributed by atoms with E-state index in [1.165, 1.54) is 11.3 Å². The van der Waals surface area contributed by atoms with Crippen molar-refractivity contribution in [1.29, 1.82) is 0 Å². The van der Waals surface area contributed by atoms with Crippen LogP contribution in [0.2, 0.25) is 0 Å². The summed E-state index contributed by atoms with van der Waals surface area (Å²) in [6.45, 7) is 1.71. The smallest absolute Gasteiger partial charge is 0.116 e. The maximum absolute atomic E-state index is 9.76. The summed E-state index contributed by atoms with van der Waals surface area (Å²) in [7, 11) is 0. The van der Waals surface area contributed by atoms with Gasteiger partial charge in [0, 0.05) is 4.88 Å². The first-order valence-electron chi connectivity index (χ1n) is 5.24. The third-order valence-electron chi connectivity index (χ3n) is 2.40. The van der Waals surface area contributed by atoms with E-state index in [0.717, 1.165) is 29.7 Å². The van der Waals surface area contributed by atoms with Crippen LogP contribution in [0.5, 0.6) is 0 Å². The number of hydrogen-bond acceptors (Lipinski definition) is 4. The third-order valence-corrected chi connectivity index (χ3v) is 3.43. The highest BCUT2D eigenvalue weighted by molar-refractivity contribution is 7.10. The van der Waals surface area contributed by atoms with E-state index in [2.05, 4.69) is 6.92 Å². The first-order chi connectivity index (χ1) is 7.20. The molecule has 3 nitrogen and oxygen atoms in total. The normalized spacial score (nSPS) is 15.2. The van der Waals surface area contributed by atoms with Crippen molar-refractivity contribution in [2.45, 2.75) is 38.4 Å². The predicted molar refractivity (Wildman–Crippen MR) is 61.0 cm³/mol. The average molecular weight is 230 g/mol. The SMILES string of the molecule is CCCCc1ccsc1C(O)C(O)CO. The van der Waals surface area contributed by atoms with Crippen LogP contribution < -0.4 is 0 Å². The van der Waals surface area contributed by atoms with Crippen LogP contribution in [0.3, 0.4) is 0 Å². The van der Waals surface area contributed by atoms with Gasteiger partial charge in [-0.3, -0.25) is 0 Å². The maximum Gasteiger partial charge on any atom is 0.116 e. The van der Waals surface area contributed by atoms with Gasteiger partial charge in [-0.05, 0) is 29.9 Å². The van der Waals surface area contributed by atoms with Crippen molar-refractivity contribution in [2.75, 3.05) is 6.61 Å². The molecule has 4 heteroatoms. The maximum atomic E-state index is 9.76. The highest BCUT2D eigenvalue weighted by Crippen LogP contribution is 2.28. The van der Waals surface area contributed by atoms with Gasteiger partial charge in [-0.25, -0.2) is 0 Å². The first kappa shape index (κ1) is 12.6. The molecule has 0 aliphatic carbocycles. The van der Waals surface area contributed by atoms with E-state index in [0.29, 0.717) is 0 Å². The fraction of sp³-hybridized carbons (Fsp3) is 0.636. The van der Waals surface area contributed by atoms with E-state index in [-0.39, 0.29) is 0 Å². The van der Waals surface area contributed by atoms with E-state index in [1.807, 2.05) is 11.4 Å². The van der Waals surface area contributed by atoms with Gasteiger partial charge in [-0.15, -0.1) is 11.3 Å². The van der Waals surface area contributed by atoms with E-state index >= 15 is 0 Å². The summed E-state index contributed by atoms with van der Waals surface area (Å²) in [6, 6.07) is 1.98. The zero-order valence-electron chi connectivity index (χ0n) is 8.89. The van der Waals surface area contributed by atoms with Gasteiger partial charge in [-0.1, -0.05) is 13.3 Å². The Bertz CT molecular complexity index is 285. The Morgan fingerprint density at radius 1 is 1.40 bits per heavy atom. The summed E-state index contributed by atoms with van der Waals surface area (Å²) in [6.07, 6.45) is 1.07. The van der Waals surface area contributed by atoms with Crippen LogP contribution in [0.1, 0.15) is 36.3 Å². The van der Waals surface area contributed by atoms with Crippen molar-refractivity contribution >= 4 is 11.3 Å². The molecule has 0 bridgehead atoms. The second-order valence-electron chi connectivity index (χ2n) is 3.61. The lowest BCUT2D eigenvalue weighted by atomic mass is 10.0. The van der Waals surface area contributed by atoms with Crippen molar-refractivity contribution in [3.05, 3.63) is 21.9 Å². The third kappa shape index (κ3) is 3.28. The van der Waals surface area contributed by atoms with Gasteiger partial charge in [-0.2, -0.15) is 0 Å². The molecule has 2 unspecified atom stereocenters. The summed E-state index contributed by atoms with van der Waals surface area (Å²) in [4.78, 5) is 0.782. The number of aliphatic hydroxyl groups excluding tert-OH is 3. The van der Waals surface area contributed by atoms with Crippen LogP contribution in [0, 0.1) is 0 Å². The number of unbranched alkanes of at least 4 members (excludes halogenated alkanes) is 1. The Hall–Kier alpha value is -0.420. The molecule has 0 radical (unpaired) electrons.